The number of aliphatic carboxylic acids is 1. The highest BCUT2D eigenvalue weighted by atomic mass is 32.2. The average Bonchev–Trinajstić information content (AvgIpc) is 3.21. The number of rotatable bonds is 8. The zero-order valence-electron chi connectivity index (χ0n) is 11.9. The van der Waals surface area contributed by atoms with Crippen molar-refractivity contribution in [3.63, 3.8) is 0 Å². The Bertz CT molecular complexity index is 611. The number of para-hydroxylation sites is 1. The van der Waals surface area contributed by atoms with Gasteiger partial charge in [-0.2, -0.15) is 0 Å². The second-order valence-electron chi connectivity index (χ2n) is 5.19. The predicted molar refractivity (Wildman–Crippen MR) is 79.9 cm³/mol. The van der Waals surface area contributed by atoms with Crippen LogP contribution in [0.25, 0.3) is 0 Å². The molecule has 0 saturated heterocycles. The summed E-state index contributed by atoms with van der Waals surface area (Å²) in [5.41, 5.74) is 0.452. The molecule has 2 N–H and O–H groups in total. The molecule has 1 fully saturated rings. The number of hydrogen-bond acceptors (Lipinski definition) is 4. The van der Waals surface area contributed by atoms with E-state index in [1.807, 2.05) is 0 Å². The van der Waals surface area contributed by atoms with Crippen LogP contribution in [0.15, 0.2) is 29.2 Å². The van der Waals surface area contributed by atoms with Gasteiger partial charge in [0, 0.05) is 13.1 Å². The summed E-state index contributed by atoms with van der Waals surface area (Å²) in [5.74, 6) is -0.509. The molecule has 0 aliphatic heterocycles. The lowest BCUT2D eigenvalue weighted by atomic mass is 10.2. The second-order valence-corrected chi connectivity index (χ2v) is 6.92. The molecule has 1 aliphatic rings. The third-order valence-electron chi connectivity index (χ3n) is 3.33. The highest BCUT2D eigenvalue weighted by Gasteiger charge is 2.28. The first-order valence-electron chi connectivity index (χ1n) is 6.99. The molecule has 1 aliphatic carbocycles. The van der Waals surface area contributed by atoms with Gasteiger partial charge in [0.05, 0.1) is 5.69 Å². The van der Waals surface area contributed by atoms with E-state index >= 15 is 0 Å². The topological polar surface area (TPSA) is 86.7 Å². The highest BCUT2D eigenvalue weighted by Crippen LogP contribution is 2.33. The largest absolute Gasteiger partial charge is 0.480 e. The van der Waals surface area contributed by atoms with Crippen LogP contribution >= 0.6 is 0 Å². The summed E-state index contributed by atoms with van der Waals surface area (Å²) in [6.45, 7) is 2.37. The van der Waals surface area contributed by atoms with Crippen molar-refractivity contribution in [2.24, 2.45) is 5.92 Å². The number of carbonyl (C=O) groups is 1. The number of nitrogens with one attached hydrogen (secondary N) is 1. The Kier molecular flexibility index (Phi) is 4.84. The van der Waals surface area contributed by atoms with Crippen LogP contribution in [0, 0.1) is 5.92 Å². The molecule has 2 rings (SSSR count). The van der Waals surface area contributed by atoms with Gasteiger partial charge in [0.1, 0.15) is 11.4 Å². The van der Waals surface area contributed by atoms with Crippen LogP contribution < -0.4 is 9.62 Å². The quantitative estimate of drug-likeness (QED) is 0.755. The van der Waals surface area contributed by atoms with Crippen molar-refractivity contribution in [3.05, 3.63) is 24.3 Å². The maximum atomic E-state index is 12.3. The van der Waals surface area contributed by atoms with Crippen molar-refractivity contribution in [3.8, 4) is 0 Å². The van der Waals surface area contributed by atoms with Gasteiger partial charge in [0.2, 0.25) is 10.0 Å². The fraction of sp³-hybridized carbons (Fsp3) is 0.500. The third kappa shape index (κ3) is 4.18. The number of hydrogen-bond donors (Lipinski definition) is 2. The summed E-state index contributed by atoms with van der Waals surface area (Å²) >= 11 is 0. The molecule has 116 valence electrons. The van der Waals surface area contributed by atoms with Crippen molar-refractivity contribution in [1.82, 2.24) is 4.72 Å². The Morgan fingerprint density at radius 2 is 2.05 bits per heavy atom. The zero-order valence-corrected chi connectivity index (χ0v) is 12.8. The summed E-state index contributed by atoms with van der Waals surface area (Å²) in [5, 5.41) is 9.07. The normalized spacial score (nSPS) is 14.9. The van der Waals surface area contributed by atoms with Crippen LogP contribution in [0.3, 0.4) is 0 Å². The molecule has 21 heavy (non-hydrogen) atoms. The number of benzene rings is 1. The van der Waals surface area contributed by atoms with Crippen molar-refractivity contribution in [2.75, 3.05) is 24.5 Å². The lowest BCUT2D eigenvalue weighted by molar-refractivity contribution is -0.135. The minimum atomic E-state index is -3.62. The lowest BCUT2D eigenvalue weighted by Crippen LogP contribution is -2.34. The molecule has 1 aromatic rings. The fourth-order valence-corrected chi connectivity index (χ4v) is 3.50. The molecule has 1 aromatic carbocycles. The Labute approximate surface area is 124 Å². The molecule has 1 saturated carbocycles. The van der Waals surface area contributed by atoms with Crippen LogP contribution in [0.1, 0.15) is 19.8 Å². The Balaban J connectivity index is 2.37. The van der Waals surface area contributed by atoms with Gasteiger partial charge >= 0.3 is 5.97 Å². The van der Waals surface area contributed by atoms with Gasteiger partial charge < -0.3 is 10.0 Å². The standard InChI is InChI=1S/C14H20N2O4S/c1-2-15-21(19,20)13-6-4-3-5-12(13)16(10-14(17)18)9-11-7-8-11/h3-6,11,15H,2,7-10H2,1H3,(H,17,18). The van der Waals surface area contributed by atoms with E-state index in [2.05, 4.69) is 4.72 Å². The molecule has 0 heterocycles. The maximum absolute atomic E-state index is 12.3. The van der Waals surface area contributed by atoms with Gasteiger partial charge in [-0.25, -0.2) is 13.1 Å². The van der Waals surface area contributed by atoms with E-state index in [-0.39, 0.29) is 18.0 Å². The van der Waals surface area contributed by atoms with E-state index in [1.165, 1.54) is 6.07 Å². The number of anilines is 1. The molecular weight excluding hydrogens is 292 g/mol. The van der Waals surface area contributed by atoms with E-state index in [9.17, 15) is 13.2 Å². The van der Waals surface area contributed by atoms with Gasteiger partial charge in [-0.15, -0.1) is 0 Å². The van der Waals surface area contributed by atoms with E-state index in [1.54, 1.807) is 30.0 Å². The molecule has 0 radical (unpaired) electrons. The average molecular weight is 312 g/mol. The maximum Gasteiger partial charge on any atom is 0.323 e. The van der Waals surface area contributed by atoms with E-state index < -0.39 is 16.0 Å². The molecule has 0 spiro atoms. The fourth-order valence-electron chi connectivity index (χ4n) is 2.24. The van der Waals surface area contributed by atoms with Crippen molar-refractivity contribution in [1.29, 1.82) is 0 Å². The number of carboxylic acids is 1. The van der Waals surface area contributed by atoms with Gasteiger partial charge in [-0.3, -0.25) is 4.79 Å². The van der Waals surface area contributed by atoms with E-state index in [0.717, 1.165) is 12.8 Å². The summed E-state index contributed by atoms with van der Waals surface area (Å²) < 4.78 is 27.0. The third-order valence-corrected chi connectivity index (χ3v) is 4.92. The molecule has 7 heteroatoms. The smallest absolute Gasteiger partial charge is 0.323 e. The summed E-state index contributed by atoms with van der Waals surface area (Å²) in [6, 6.07) is 6.54. The molecule has 0 amide bonds. The van der Waals surface area contributed by atoms with E-state index in [0.29, 0.717) is 18.2 Å². The van der Waals surface area contributed by atoms with Crippen molar-refractivity contribution >= 4 is 21.7 Å². The first kappa shape index (κ1) is 15.8. The van der Waals surface area contributed by atoms with Crippen LogP contribution in [-0.2, 0) is 14.8 Å². The van der Waals surface area contributed by atoms with Crippen LogP contribution in [0.5, 0.6) is 0 Å². The van der Waals surface area contributed by atoms with Crippen molar-refractivity contribution < 1.29 is 18.3 Å². The molecule has 0 aromatic heterocycles. The Morgan fingerprint density at radius 1 is 1.38 bits per heavy atom. The molecule has 6 nitrogen and oxygen atoms in total. The Morgan fingerprint density at radius 3 is 2.62 bits per heavy atom. The van der Waals surface area contributed by atoms with Gasteiger partial charge in [-0.1, -0.05) is 19.1 Å². The lowest BCUT2D eigenvalue weighted by Gasteiger charge is -2.25. The number of sulfonamides is 1. The van der Waals surface area contributed by atoms with Crippen LogP contribution in [-0.4, -0.2) is 39.1 Å². The monoisotopic (exact) mass is 312 g/mol. The van der Waals surface area contributed by atoms with Crippen LogP contribution in [0.4, 0.5) is 5.69 Å². The summed E-state index contributed by atoms with van der Waals surface area (Å²) in [6.07, 6.45) is 2.14. The van der Waals surface area contributed by atoms with E-state index in [4.69, 9.17) is 5.11 Å². The molecular formula is C14H20N2O4S. The second kappa shape index (κ2) is 6.44. The first-order chi connectivity index (χ1) is 9.94. The van der Waals surface area contributed by atoms with Crippen molar-refractivity contribution in [2.45, 2.75) is 24.7 Å². The predicted octanol–water partition coefficient (Wildman–Crippen LogP) is 1.29. The molecule has 0 unspecified atom stereocenters. The zero-order chi connectivity index (χ0) is 15.5. The Hall–Kier alpha value is -1.60. The van der Waals surface area contributed by atoms with Gasteiger partial charge in [0.15, 0.2) is 0 Å². The summed E-state index contributed by atoms with van der Waals surface area (Å²) in [7, 11) is -3.62. The SMILES string of the molecule is CCNS(=O)(=O)c1ccccc1N(CC(=O)O)CC1CC1. The molecule has 0 bridgehead atoms. The number of nitrogens with zero attached hydrogens (tertiary/aromatic N) is 1. The van der Waals surface area contributed by atoms with Crippen LogP contribution in [0.2, 0.25) is 0 Å². The molecule has 0 atom stereocenters. The van der Waals surface area contributed by atoms with Gasteiger partial charge in [-0.05, 0) is 30.9 Å². The minimum absolute atomic E-state index is 0.133. The van der Waals surface area contributed by atoms with Gasteiger partial charge in [0.25, 0.3) is 0 Å². The number of carboxylic acid groups (broad SMARTS) is 1. The highest BCUT2D eigenvalue weighted by molar-refractivity contribution is 7.89. The summed E-state index contributed by atoms with van der Waals surface area (Å²) in [4.78, 5) is 12.8. The minimum Gasteiger partial charge on any atom is -0.480 e. The first-order valence-corrected chi connectivity index (χ1v) is 8.47.